The highest BCUT2D eigenvalue weighted by molar-refractivity contribution is 9.10. The lowest BCUT2D eigenvalue weighted by Crippen LogP contribution is -2.34. The van der Waals surface area contributed by atoms with Crippen LogP contribution in [0.2, 0.25) is 0 Å². The van der Waals surface area contributed by atoms with Gasteiger partial charge in [0.2, 0.25) is 10.0 Å². The van der Waals surface area contributed by atoms with Crippen molar-refractivity contribution in [2.24, 2.45) is 0 Å². The Labute approximate surface area is 158 Å². The van der Waals surface area contributed by atoms with Crippen molar-refractivity contribution in [2.75, 3.05) is 26.2 Å². The van der Waals surface area contributed by atoms with Gasteiger partial charge in [-0.3, -0.25) is 4.79 Å². The summed E-state index contributed by atoms with van der Waals surface area (Å²) in [5.41, 5.74) is 0.445. The summed E-state index contributed by atoms with van der Waals surface area (Å²) in [6, 6.07) is 4.81. The second-order valence-corrected chi connectivity index (χ2v) is 9.61. The highest BCUT2D eigenvalue weighted by Crippen LogP contribution is 2.27. The number of hydrogen-bond acceptors (Lipinski definition) is 3. The van der Waals surface area contributed by atoms with Crippen molar-refractivity contribution in [1.82, 2.24) is 9.21 Å². The summed E-state index contributed by atoms with van der Waals surface area (Å²) in [7, 11) is -3.51. The van der Waals surface area contributed by atoms with Gasteiger partial charge in [-0.1, -0.05) is 19.3 Å². The van der Waals surface area contributed by atoms with Crippen LogP contribution in [0.4, 0.5) is 0 Å². The Morgan fingerprint density at radius 1 is 0.880 bits per heavy atom. The summed E-state index contributed by atoms with van der Waals surface area (Å²) in [6.45, 7) is 2.62. The summed E-state index contributed by atoms with van der Waals surface area (Å²) in [4.78, 5) is 15.1. The zero-order valence-electron chi connectivity index (χ0n) is 14.4. The number of carbonyl (C=O) groups excluding carboxylic acids is 1. The van der Waals surface area contributed by atoms with E-state index in [9.17, 15) is 13.2 Å². The van der Waals surface area contributed by atoms with Crippen LogP contribution in [-0.4, -0.2) is 49.7 Å². The molecule has 7 heteroatoms. The Hall–Kier alpha value is -0.920. The van der Waals surface area contributed by atoms with Gasteiger partial charge in [-0.05, 0) is 59.8 Å². The van der Waals surface area contributed by atoms with Crippen LogP contribution in [0.15, 0.2) is 27.6 Å². The molecule has 0 atom stereocenters. The number of carbonyl (C=O) groups is 1. The zero-order chi connectivity index (χ0) is 17.9. The van der Waals surface area contributed by atoms with Gasteiger partial charge in [-0.15, -0.1) is 0 Å². The van der Waals surface area contributed by atoms with Gasteiger partial charge >= 0.3 is 0 Å². The molecule has 0 spiro atoms. The van der Waals surface area contributed by atoms with E-state index in [0.29, 0.717) is 23.1 Å². The van der Waals surface area contributed by atoms with Crippen LogP contribution in [0.1, 0.15) is 55.3 Å². The van der Waals surface area contributed by atoms with Gasteiger partial charge in [-0.25, -0.2) is 8.42 Å². The molecule has 2 aliphatic rings. The number of halogens is 1. The molecular weight excluding hydrogens is 404 g/mol. The summed E-state index contributed by atoms with van der Waals surface area (Å²) >= 11 is 3.43. The molecule has 5 nitrogen and oxygen atoms in total. The largest absolute Gasteiger partial charge is 0.339 e. The van der Waals surface area contributed by atoms with E-state index >= 15 is 0 Å². The molecule has 2 aliphatic heterocycles. The molecule has 0 radical (unpaired) electrons. The smallest absolute Gasteiger partial charge is 0.255 e. The molecule has 3 rings (SSSR count). The highest BCUT2D eigenvalue weighted by atomic mass is 79.9. The topological polar surface area (TPSA) is 57.7 Å². The van der Waals surface area contributed by atoms with Crippen LogP contribution in [0, 0.1) is 0 Å². The minimum Gasteiger partial charge on any atom is -0.339 e. The van der Waals surface area contributed by atoms with Crippen molar-refractivity contribution in [3.05, 3.63) is 28.2 Å². The van der Waals surface area contributed by atoms with Gasteiger partial charge in [0.25, 0.3) is 5.91 Å². The number of amides is 1. The minimum absolute atomic E-state index is 0.0766. The fourth-order valence-corrected chi connectivity index (χ4v) is 5.49. The average Bonchev–Trinajstić information content (AvgIpc) is 3.09. The quantitative estimate of drug-likeness (QED) is 0.737. The van der Waals surface area contributed by atoms with Crippen molar-refractivity contribution in [3.63, 3.8) is 0 Å². The van der Waals surface area contributed by atoms with E-state index in [4.69, 9.17) is 0 Å². The Morgan fingerprint density at radius 2 is 1.44 bits per heavy atom. The second kappa shape index (κ2) is 8.18. The molecule has 1 aromatic carbocycles. The number of likely N-dealkylation sites (tertiary alicyclic amines) is 1. The lowest BCUT2D eigenvalue weighted by molar-refractivity contribution is 0.0741. The molecule has 0 N–H and O–H groups in total. The zero-order valence-corrected chi connectivity index (χ0v) is 16.8. The van der Waals surface area contributed by atoms with Crippen molar-refractivity contribution in [1.29, 1.82) is 0 Å². The molecule has 2 fully saturated rings. The number of rotatable bonds is 3. The SMILES string of the molecule is O=C(c1cc(S(=O)(=O)N2CCCC2)ccc1Br)N1CCCCCCC1. The number of nitrogens with zero attached hydrogens (tertiary/aromatic N) is 2. The molecule has 0 aliphatic carbocycles. The van der Waals surface area contributed by atoms with Crippen LogP contribution in [0.25, 0.3) is 0 Å². The molecule has 2 heterocycles. The van der Waals surface area contributed by atoms with Crippen LogP contribution in [0.5, 0.6) is 0 Å². The molecule has 0 unspecified atom stereocenters. The van der Waals surface area contributed by atoms with E-state index < -0.39 is 10.0 Å². The number of benzene rings is 1. The van der Waals surface area contributed by atoms with Crippen LogP contribution in [-0.2, 0) is 10.0 Å². The van der Waals surface area contributed by atoms with Gasteiger partial charge in [0, 0.05) is 30.7 Å². The molecule has 0 aromatic heterocycles. The van der Waals surface area contributed by atoms with E-state index in [1.807, 2.05) is 4.90 Å². The highest BCUT2D eigenvalue weighted by Gasteiger charge is 2.29. The van der Waals surface area contributed by atoms with Gasteiger partial charge in [0.15, 0.2) is 0 Å². The van der Waals surface area contributed by atoms with Crippen LogP contribution < -0.4 is 0 Å². The monoisotopic (exact) mass is 428 g/mol. The first kappa shape index (κ1) is 18.9. The molecule has 0 bridgehead atoms. The molecule has 138 valence electrons. The summed E-state index contributed by atoms with van der Waals surface area (Å²) in [5.74, 6) is -0.0766. The third-order valence-electron chi connectivity index (χ3n) is 5.01. The van der Waals surface area contributed by atoms with Gasteiger partial charge < -0.3 is 4.90 Å². The predicted molar refractivity (Wildman–Crippen MR) is 101 cm³/mol. The van der Waals surface area contributed by atoms with Crippen molar-refractivity contribution < 1.29 is 13.2 Å². The Morgan fingerprint density at radius 3 is 2.08 bits per heavy atom. The van der Waals surface area contributed by atoms with Gasteiger partial charge in [0.05, 0.1) is 10.5 Å². The summed E-state index contributed by atoms with van der Waals surface area (Å²) in [5, 5.41) is 0. The van der Waals surface area contributed by atoms with E-state index in [2.05, 4.69) is 15.9 Å². The second-order valence-electron chi connectivity index (χ2n) is 6.81. The maximum atomic E-state index is 13.0. The Bertz CT molecular complexity index is 722. The van der Waals surface area contributed by atoms with E-state index in [-0.39, 0.29) is 10.8 Å². The normalized spacial score (nSPS) is 20.3. The fraction of sp³-hybridized carbons (Fsp3) is 0.611. The third-order valence-corrected chi connectivity index (χ3v) is 7.60. The van der Waals surface area contributed by atoms with Gasteiger partial charge in [0.1, 0.15) is 0 Å². The van der Waals surface area contributed by atoms with Crippen LogP contribution >= 0.6 is 15.9 Å². The third kappa shape index (κ3) is 4.26. The average molecular weight is 429 g/mol. The fourth-order valence-electron chi connectivity index (χ4n) is 3.53. The van der Waals surface area contributed by atoms with Gasteiger partial charge in [-0.2, -0.15) is 4.31 Å². The number of hydrogen-bond donors (Lipinski definition) is 0. The summed E-state index contributed by atoms with van der Waals surface area (Å²) < 4.78 is 27.7. The molecular formula is C18H25BrN2O3S. The standard InChI is InChI=1S/C18H25BrN2O3S/c19-17-9-8-15(25(23,24)21-12-6-7-13-21)14-16(17)18(22)20-10-4-2-1-3-5-11-20/h8-9,14H,1-7,10-13H2. The summed E-state index contributed by atoms with van der Waals surface area (Å²) in [6.07, 6.45) is 7.34. The molecule has 1 aromatic rings. The minimum atomic E-state index is -3.51. The van der Waals surface area contributed by atoms with Crippen molar-refractivity contribution >= 4 is 31.9 Å². The maximum absolute atomic E-state index is 13.0. The first-order chi connectivity index (χ1) is 12.0. The van der Waals surface area contributed by atoms with Crippen molar-refractivity contribution in [3.8, 4) is 0 Å². The lowest BCUT2D eigenvalue weighted by Gasteiger charge is -2.25. The Kier molecular flexibility index (Phi) is 6.17. The first-order valence-corrected chi connectivity index (χ1v) is 11.3. The van der Waals surface area contributed by atoms with Crippen molar-refractivity contribution in [2.45, 2.75) is 49.8 Å². The first-order valence-electron chi connectivity index (χ1n) is 9.09. The Balaban J connectivity index is 1.87. The predicted octanol–water partition coefficient (Wildman–Crippen LogP) is 3.64. The lowest BCUT2D eigenvalue weighted by atomic mass is 10.1. The molecule has 25 heavy (non-hydrogen) atoms. The van der Waals surface area contributed by atoms with E-state index in [1.54, 1.807) is 18.2 Å². The van der Waals surface area contributed by atoms with E-state index in [0.717, 1.165) is 51.6 Å². The molecule has 2 saturated heterocycles. The van der Waals surface area contributed by atoms with E-state index in [1.165, 1.54) is 10.7 Å². The maximum Gasteiger partial charge on any atom is 0.255 e. The molecule has 0 saturated carbocycles. The van der Waals surface area contributed by atoms with Crippen LogP contribution in [0.3, 0.4) is 0 Å². The molecule has 1 amide bonds. The number of sulfonamides is 1.